The molecule has 1 heterocycles. The summed E-state index contributed by atoms with van der Waals surface area (Å²) in [5.41, 5.74) is 0.321. The standard InChI is InChI=1S/C11H7Cl2IN2O2S/c12-9-2-1-7(14)5-10(9)16-19(17,18)8-3-4-15-11(13)6-8/h1-6,16H. The van der Waals surface area contributed by atoms with Gasteiger partial charge >= 0.3 is 0 Å². The Balaban J connectivity index is 2.39. The molecule has 0 atom stereocenters. The van der Waals surface area contributed by atoms with Crippen molar-refractivity contribution < 1.29 is 8.42 Å². The molecule has 0 saturated carbocycles. The van der Waals surface area contributed by atoms with Crippen LogP contribution in [0.1, 0.15) is 0 Å². The Labute approximate surface area is 134 Å². The van der Waals surface area contributed by atoms with E-state index in [9.17, 15) is 8.42 Å². The van der Waals surface area contributed by atoms with Gasteiger partial charge in [0.25, 0.3) is 10.0 Å². The van der Waals surface area contributed by atoms with E-state index in [2.05, 4.69) is 32.3 Å². The van der Waals surface area contributed by atoms with Gasteiger partial charge in [-0.15, -0.1) is 0 Å². The Morgan fingerprint density at radius 1 is 1.16 bits per heavy atom. The SMILES string of the molecule is O=S(=O)(Nc1cc(I)ccc1Cl)c1ccnc(Cl)c1. The minimum atomic E-state index is -3.74. The summed E-state index contributed by atoms with van der Waals surface area (Å²) in [6.07, 6.45) is 1.33. The molecule has 2 aromatic rings. The quantitative estimate of drug-likeness (QED) is 0.597. The summed E-state index contributed by atoms with van der Waals surface area (Å²) >= 11 is 13.7. The number of anilines is 1. The van der Waals surface area contributed by atoms with Gasteiger partial charge in [0.05, 0.1) is 15.6 Å². The second-order valence-electron chi connectivity index (χ2n) is 3.54. The topological polar surface area (TPSA) is 59.1 Å². The van der Waals surface area contributed by atoms with Crippen LogP contribution in [0.3, 0.4) is 0 Å². The lowest BCUT2D eigenvalue weighted by atomic mass is 10.3. The Hall–Kier alpha value is -0.570. The number of hydrogen-bond donors (Lipinski definition) is 1. The lowest BCUT2D eigenvalue weighted by Gasteiger charge is -2.10. The number of sulfonamides is 1. The Kier molecular flexibility index (Phi) is 4.54. The fourth-order valence-electron chi connectivity index (χ4n) is 1.33. The van der Waals surface area contributed by atoms with Crippen molar-refractivity contribution in [2.75, 3.05) is 4.72 Å². The van der Waals surface area contributed by atoms with Gasteiger partial charge in [-0.1, -0.05) is 23.2 Å². The molecule has 0 saturated heterocycles. The molecular weight excluding hydrogens is 422 g/mol. The van der Waals surface area contributed by atoms with Crippen molar-refractivity contribution >= 4 is 61.5 Å². The van der Waals surface area contributed by atoms with Gasteiger partial charge in [0, 0.05) is 9.77 Å². The molecule has 1 aromatic heterocycles. The molecule has 0 aliphatic heterocycles. The van der Waals surface area contributed by atoms with E-state index in [1.807, 2.05) is 0 Å². The van der Waals surface area contributed by atoms with Gasteiger partial charge in [-0.05, 0) is 52.9 Å². The first-order valence-corrected chi connectivity index (χ1v) is 8.30. The number of pyridine rings is 1. The summed E-state index contributed by atoms with van der Waals surface area (Å²) in [6, 6.07) is 7.68. The molecule has 0 aliphatic carbocycles. The minimum absolute atomic E-state index is 0.0300. The first kappa shape index (κ1) is 14.8. The Morgan fingerprint density at radius 2 is 1.89 bits per heavy atom. The van der Waals surface area contributed by atoms with Gasteiger partial charge in [0.1, 0.15) is 5.15 Å². The zero-order valence-electron chi connectivity index (χ0n) is 9.27. The van der Waals surface area contributed by atoms with Gasteiger partial charge in [-0.25, -0.2) is 13.4 Å². The predicted molar refractivity (Wildman–Crippen MR) is 84.2 cm³/mol. The van der Waals surface area contributed by atoms with Gasteiger partial charge in [-0.2, -0.15) is 0 Å². The van der Waals surface area contributed by atoms with Crippen LogP contribution in [0, 0.1) is 3.57 Å². The number of nitrogens with one attached hydrogen (secondary N) is 1. The van der Waals surface area contributed by atoms with E-state index in [0.29, 0.717) is 10.7 Å². The van der Waals surface area contributed by atoms with E-state index >= 15 is 0 Å². The maximum Gasteiger partial charge on any atom is 0.262 e. The number of benzene rings is 1. The molecule has 0 spiro atoms. The molecule has 4 nitrogen and oxygen atoms in total. The monoisotopic (exact) mass is 428 g/mol. The number of aromatic nitrogens is 1. The molecule has 0 radical (unpaired) electrons. The van der Waals surface area contributed by atoms with Crippen molar-refractivity contribution in [3.05, 3.63) is 50.3 Å². The van der Waals surface area contributed by atoms with Crippen molar-refractivity contribution in [1.29, 1.82) is 0 Å². The lowest BCUT2D eigenvalue weighted by molar-refractivity contribution is 0.601. The molecule has 1 aromatic carbocycles. The first-order valence-electron chi connectivity index (χ1n) is 4.98. The third kappa shape index (κ3) is 3.71. The average molecular weight is 429 g/mol. The third-order valence-corrected chi connectivity index (χ3v) is 4.75. The normalized spacial score (nSPS) is 11.3. The van der Waals surface area contributed by atoms with Gasteiger partial charge in [0.2, 0.25) is 0 Å². The molecule has 8 heteroatoms. The van der Waals surface area contributed by atoms with E-state index in [4.69, 9.17) is 23.2 Å². The summed E-state index contributed by atoms with van der Waals surface area (Å²) < 4.78 is 27.6. The molecule has 100 valence electrons. The van der Waals surface area contributed by atoms with Crippen LogP contribution < -0.4 is 4.72 Å². The Bertz CT molecular complexity index is 722. The molecule has 1 N–H and O–H groups in total. The second-order valence-corrected chi connectivity index (χ2v) is 7.27. The van der Waals surface area contributed by atoms with Gasteiger partial charge < -0.3 is 0 Å². The minimum Gasteiger partial charge on any atom is -0.278 e. The summed E-state index contributed by atoms with van der Waals surface area (Å²) in [6.45, 7) is 0. The Morgan fingerprint density at radius 3 is 2.58 bits per heavy atom. The molecule has 2 rings (SSSR count). The summed E-state index contributed by atoms with van der Waals surface area (Å²) in [7, 11) is -3.74. The van der Waals surface area contributed by atoms with Gasteiger partial charge in [-0.3, -0.25) is 4.72 Å². The third-order valence-electron chi connectivity index (χ3n) is 2.18. The van der Waals surface area contributed by atoms with E-state index in [1.165, 1.54) is 18.3 Å². The highest BCUT2D eigenvalue weighted by Crippen LogP contribution is 2.26. The molecule has 19 heavy (non-hydrogen) atoms. The first-order chi connectivity index (χ1) is 8.88. The number of rotatable bonds is 3. The summed E-state index contributed by atoms with van der Waals surface area (Å²) in [4.78, 5) is 3.77. The van der Waals surface area contributed by atoms with E-state index in [0.717, 1.165) is 3.57 Å². The maximum atomic E-state index is 12.2. The number of hydrogen-bond acceptors (Lipinski definition) is 3. The van der Waals surface area contributed by atoms with Crippen LogP contribution in [-0.4, -0.2) is 13.4 Å². The molecule has 0 fully saturated rings. The van der Waals surface area contributed by atoms with Crippen LogP contribution in [0.25, 0.3) is 0 Å². The highest BCUT2D eigenvalue weighted by atomic mass is 127. The predicted octanol–water partition coefficient (Wildman–Crippen LogP) is 3.79. The summed E-state index contributed by atoms with van der Waals surface area (Å²) in [5.74, 6) is 0. The zero-order chi connectivity index (χ0) is 14.0. The van der Waals surface area contributed by atoms with E-state index < -0.39 is 10.0 Å². The molecular formula is C11H7Cl2IN2O2S. The van der Waals surface area contributed by atoms with Crippen molar-refractivity contribution in [1.82, 2.24) is 4.98 Å². The van der Waals surface area contributed by atoms with Crippen molar-refractivity contribution in [3.8, 4) is 0 Å². The summed E-state index contributed by atoms with van der Waals surface area (Å²) in [5, 5.41) is 0.431. The fourth-order valence-corrected chi connectivity index (χ4v) is 3.36. The highest BCUT2D eigenvalue weighted by molar-refractivity contribution is 14.1. The largest absolute Gasteiger partial charge is 0.278 e. The molecule has 0 unspecified atom stereocenters. The van der Waals surface area contributed by atoms with Crippen molar-refractivity contribution in [2.24, 2.45) is 0 Å². The van der Waals surface area contributed by atoms with E-state index in [1.54, 1.807) is 18.2 Å². The zero-order valence-corrected chi connectivity index (χ0v) is 13.8. The molecule has 0 aliphatic rings. The van der Waals surface area contributed by atoms with Crippen LogP contribution >= 0.6 is 45.8 Å². The van der Waals surface area contributed by atoms with Crippen LogP contribution in [0.2, 0.25) is 10.2 Å². The van der Waals surface area contributed by atoms with Crippen molar-refractivity contribution in [3.63, 3.8) is 0 Å². The van der Waals surface area contributed by atoms with E-state index in [-0.39, 0.29) is 10.0 Å². The van der Waals surface area contributed by atoms with Gasteiger partial charge in [0.15, 0.2) is 0 Å². The van der Waals surface area contributed by atoms with Crippen LogP contribution in [-0.2, 0) is 10.0 Å². The van der Waals surface area contributed by atoms with Crippen LogP contribution in [0.5, 0.6) is 0 Å². The fraction of sp³-hybridized carbons (Fsp3) is 0. The number of halogens is 3. The van der Waals surface area contributed by atoms with Crippen LogP contribution in [0.15, 0.2) is 41.4 Å². The number of nitrogens with zero attached hydrogens (tertiary/aromatic N) is 1. The smallest absolute Gasteiger partial charge is 0.262 e. The van der Waals surface area contributed by atoms with Crippen molar-refractivity contribution in [2.45, 2.75) is 4.90 Å². The lowest BCUT2D eigenvalue weighted by Crippen LogP contribution is -2.13. The average Bonchev–Trinajstić information content (AvgIpc) is 2.33. The maximum absolute atomic E-state index is 12.2. The van der Waals surface area contributed by atoms with Crippen LogP contribution in [0.4, 0.5) is 5.69 Å². The second kappa shape index (κ2) is 5.82. The molecule has 0 amide bonds. The highest BCUT2D eigenvalue weighted by Gasteiger charge is 2.16. The molecule has 0 bridgehead atoms.